The highest BCUT2D eigenvalue weighted by atomic mass is 31.2. The molecule has 12 nitrogen and oxygen atoms in total. The van der Waals surface area contributed by atoms with Crippen molar-refractivity contribution in [3.05, 3.63) is 12.5 Å². The van der Waals surface area contributed by atoms with Crippen molar-refractivity contribution in [3.8, 4) is 0 Å². The van der Waals surface area contributed by atoms with Crippen molar-refractivity contribution in [2.75, 3.05) is 37.9 Å². The van der Waals surface area contributed by atoms with Gasteiger partial charge in [0.2, 0.25) is 18.0 Å². The second-order valence-corrected chi connectivity index (χ2v) is 8.34. The van der Waals surface area contributed by atoms with Gasteiger partial charge in [0, 0.05) is 12.8 Å². The van der Waals surface area contributed by atoms with Gasteiger partial charge < -0.3 is 18.6 Å². The Kier molecular flexibility index (Phi) is 9.15. The summed E-state index contributed by atoms with van der Waals surface area (Å²) >= 11 is 0. The Morgan fingerprint density at radius 3 is 2.63 bits per heavy atom. The summed E-state index contributed by atoms with van der Waals surface area (Å²) in [6.45, 7) is 5.52. The van der Waals surface area contributed by atoms with E-state index in [0.717, 1.165) is 0 Å². The van der Waals surface area contributed by atoms with E-state index in [0.29, 0.717) is 24.0 Å². The molecule has 0 aliphatic rings. The smallest absolute Gasteiger partial charge is 0.330 e. The third kappa shape index (κ3) is 7.05. The van der Waals surface area contributed by atoms with Gasteiger partial charge in [0.25, 0.3) is 0 Å². The third-order valence-electron chi connectivity index (χ3n) is 3.88. The molecule has 0 aromatic carbocycles. The van der Waals surface area contributed by atoms with E-state index in [1.807, 2.05) is 0 Å². The number of aromatic nitrogens is 4. The molecule has 1 unspecified atom stereocenters. The molecule has 1 N–H and O–H groups in total. The summed E-state index contributed by atoms with van der Waals surface area (Å²) in [6.07, 6.45) is 3.87. The Morgan fingerprint density at radius 2 is 2.00 bits per heavy atom. The van der Waals surface area contributed by atoms with Crippen LogP contribution < -0.4 is 10.2 Å². The zero-order chi connectivity index (χ0) is 22.0. The Hall–Kier alpha value is -2.56. The number of amides is 1. The number of ether oxygens (including phenoxy) is 1. The molecule has 30 heavy (non-hydrogen) atoms. The fourth-order valence-corrected chi connectivity index (χ4v) is 4.34. The van der Waals surface area contributed by atoms with Crippen LogP contribution in [0.1, 0.15) is 27.2 Å². The van der Waals surface area contributed by atoms with Crippen molar-refractivity contribution >= 4 is 37.1 Å². The largest absolute Gasteiger partial charge is 0.465 e. The number of anilines is 1. The van der Waals surface area contributed by atoms with E-state index in [2.05, 4.69) is 20.3 Å². The van der Waals surface area contributed by atoms with Crippen LogP contribution in [0.2, 0.25) is 0 Å². The Bertz CT molecular complexity index is 881. The lowest BCUT2D eigenvalue weighted by Crippen LogP contribution is -2.25. The van der Waals surface area contributed by atoms with Gasteiger partial charge in [-0.15, -0.1) is 0 Å². The number of fused-ring (bicyclic) bond motifs is 1. The summed E-state index contributed by atoms with van der Waals surface area (Å²) in [5, 5.41) is 2.36. The predicted molar refractivity (Wildman–Crippen MR) is 107 cm³/mol. The zero-order valence-electron chi connectivity index (χ0n) is 17.1. The number of rotatable bonds is 14. The van der Waals surface area contributed by atoms with Crippen LogP contribution in [0, 0.1) is 5.92 Å². The van der Waals surface area contributed by atoms with Gasteiger partial charge in [0.15, 0.2) is 0 Å². The summed E-state index contributed by atoms with van der Waals surface area (Å²) < 4.78 is 29.8. The molecule has 0 spiro atoms. The lowest BCUT2D eigenvalue weighted by molar-refractivity contribution is -0.143. The van der Waals surface area contributed by atoms with Crippen LogP contribution in [-0.2, 0) is 27.9 Å². The summed E-state index contributed by atoms with van der Waals surface area (Å²) in [5.41, 5.74) is 0.829. The highest BCUT2D eigenvalue weighted by Crippen LogP contribution is 2.49. The summed E-state index contributed by atoms with van der Waals surface area (Å²) in [5.74, 6) is -0.605. The minimum atomic E-state index is -3.23. The van der Waals surface area contributed by atoms with E-state index in [-0.39, 0.29) is 44.5 Å². The fraction of sp³-hybridized carbons (Fsp3) is 0.588. The van der Waals surface area contributed by atoms with Crippen LogP contribution in [-0.4, -0.2) is 64.7 Å². The number of imidazole rings is 1. The van der Waals surface area contributed by atoms with Gasteiger partial charge in [0.05, 0.1) is 32.2 Å². The maximum atomic E-state index is 12.7. The Balaban J connectivity index is 2.07. The summed E-state index contributed by atoms with van der Waals surface area (Å²) in [6, 6.07) is 0. The van der Waals surface area contributed by atoms with Gasteiger partial charge in [0.1, 0.15) is 18.5 Å². The van der Waals surface area contributed by atoms with Crippen molar-refractivity contribution in [1.29, 1.82) is 0 Å². The van der Waals surface area contributed by atoms with E-state index in [1.54, 1.807) is 13.8 Å². The van der Waals surface area contributed by atoms with Crippen molar-refractivity contribution in [2.45, 2.75) is 27.2 Å². The first-order valence-electron chi connectivity index (χ1n) is 9.45. The minimum absolute atomic E-state index is 0.0765. The molecule has 2 aromatic heterocycles. The fourth-order valence-electron chi connectivity index (χ4n) is 2.54. The summed E-state index contributed by atoms with van der Waals surface area (Å²) in [4.78, 5) is 39.8. The molecular formula is C17H26N5O7P. The Morgan fingerprint density at radius 1 is 1.27 bits per heavy atom. The molecule has 0 aliphatic carbocycles. The number of nitrogens with one attached hydrogen (secondary N) is 1. The first-order valence-corrected chi connectivity index (χ1v) is 11.2. The number of hydrogen-bond donors (Lipinski definition) is 1. The average Bonchev–Trinajstić information content (AvgIpc) is 3.10. The van der Waals surface area contributed by atoms with Crippen molar-refractivity contribution < 1.29 is 32.8 Å². The molecule has 0 saturated heterocycles. The van der Waals surface area contributed by atoms with E-state index in [9.17, 15) is 14.2 Å². The number of esters is 1. The molecule has 0 saturated carbocycles. The number of hydrogen-bond acceptors (Lipinski definition) is 10. The molecule has 13 heteroatoms. The van der Waals surface area contributed by atoms with Gasteiger partial charge in [-0.3, -0.25) is 19.5 Å². The predicted octanol–water partition coefficient (Wildman–Crippen LogP) is 1.66. The van der Waals surface area contributed by atoms with Gasteiger partial charge in [-0.05, 0) is 20.3 Å². The van der Waals surface area contributed by atoms with Crippen molar-refractivity contribution in [2.24, 2.45) is 5.92 Å². The molecule has 0 bridgehead atoms. The van der Waals surface area contributed by atoms with Gasteiger partial charge >= 0.3 is 13.6 Å². The molecule has 0 aliphatic heterocycles. The van der Waals surface area contributed by atoms with E-state index in [4.69, 9.17) is 18.6 Å². The molecule has 0 radical (unpaired) electrons. The highest BCUT2D eigenvalue weighted by molar-refractivity contribution is 7.53. The zero-order valence-corrected chi connectivity index (χ0v) is 18.0. The lowest BCUT2D eigenvalue weighted by atomic mass is 10.1. The molecule has 166 valence electrons. The lowest BCUT2D eigenvalue weighted by Gasteiger charge is -2.21. The molecule has 2 heterocycles. The second-order valence-electron chi connectivity index (χ2n) is 6.16. The second kappa shape index (κ2) is 11.6. The van der Waals surface area contributed by atoms with Gasteiger partial charge in [-0.1, -0.05) is 0 Å². The molecular weight excluding hydrogens is 417 g/mol. The van der Waals surface area contributed by atoms with E-state index >= 15 is 0 Å². The van der Waals surface area contributed by atoms with Crippen molar-refractivity contribution in [3.63, 3.8) is 0 Å². The molecule has 1 atom stereocenters. The number of carbonyl (C=O) groups is 2. The molecule has 1 amide bonds. The SMILES string of the molecule is CCOP(=O)(CCC(COC(C)=O)COn1cnc2cnc(NC=O)nc21)OCC. The van der Waals surface area contributed by atoms with Crippen LogP contribution in [0.5, 0.6) is 0 Å². The number of nitrogens with zero attached hydrogens (tertiary/aromatic N) is 4. The van der Waals surface area contributed by atoms with E-state index in [1.165, 1.54) is 24.2 Å². The maximum Gasteiger partial charge on any atom is 0.330 e. The average molecular weight is 443 g/mol. The van der Waals surface area contributed by atoms with Crippen molar-refractivity contribution in [1.82, 2.24) is 19.7 Å². The van der Waals surface area contributed by atoms with Gasteiger partial charge in [-0.2, -0.15) is 9.71 Å². The quantitative estimate of drug-likeness (QED) is 0.260. The first-order chi connectivity index (χ1) is 14.4. The normalized spacial score (nSPS) is 12.5. The first kappa shape index (κ1) is 23.7. The number of carbonyl (C=O) groups excluding carboxylic acids is 2. The topological polar surface area (TPSA) is 144 Å². The van der Waals surface area contributed by atoms with Gasteiger partial charge in [-0.25, -0.2) is 9.97 Å². The van der Waals surface area contributed by atoms with Crippen LogP contribution in [0.3, 0.4) is 0 Å². The molecule has 2 rings (SSSR count). The summed E-state index contributed by atoms with van der Waals surface area (Å²) in [7, 11) is -3.23. The highest BCUT2D eigenvalue weighted by Gasteiger charge is 2.26. The third-order valence-corrected chi connectivity index (χ3v) is 5.99. The van der Waals surface area contributed by atoms with Crippen LogP contribution in [0.15, 0.2) is 12.5 Å². The minimum Gasteiger partial charge on any atom is -0.465 e. The standard InChI is InChI=1S/C17H26N5O7P/c1-4-28-30(25,29-5-2)7-6-14(9-26-13(3)24)10-27-22-11-19-15-8-18-17(20-12-23)21-16(15)22/h8,11-12,14H,4-7,9-10H2,1-3H3,(H,18,20,21,23). The molecule has 0 fully saturated rings. The molecule has 2 aromatic rings. The Labute approximate surface area is 173 Å². The van der Waals surface area contributed by atoms with Crippen LogP contribution in [0.25, 0.3) is 11.2 Å². The maximum absolute atomic E-state index is 12.7. The van der Waals surface area contributed by atoms with Crippen LogP contribution in [0.4, 0.5) is 5.95 Å². The van der Waals surface area contributed by atoms with Crippen LogP contribution >= 0.6 is 7.60 Å². The monoisotopic (exact) mass is 443 g/mol. The van der Waals surface area contributed by atoms with E-state index < -0.39 is 13.6 Å².